The lowest BCUT2D eigenvalue weighted by Crippen LogP contribution is -2.27. The Labute approximate surface area is 263 Å². The van der Waals surface area contributed by atoms with Gasteiger partial charge in [0.25, 0.3) is 0 Å². The van der Waals surface area contributed by atoms with E-state index in [0.717, 1.165) is 18.2 Å². The van der Waals surface area contributed by atoms with Crippen LogP contribution in [0.1, 0.15) is 52.8 Å². The van der Waals surface area contributed by atoms with Gasteiger partial charge >= 0.3 is 5.97 Å². The van der Waals surface area contributed by atoms with Crippen molar-refractivity contribution >= 4 is 17.0 Å². The molecule has 6 rings (SSSR count). The summed E-state index contributed by atoms with van der Waals surface area (Å²) in [5, 5.41) is 8.93. The fraction of sp³-hybridized carbons (Fsp3) is 0.257. The molecule has 1 fully saturated rings. The first-order valence-electron chi connectivity index (χ1n) is 14.5. The maximum atomic E-state index is 15.7. The number of pyridine rings is 1. The van der Waals surface area contributed by atoms with Crippen molar-refractivity contribution in [3.05, 3.63) is 112 Å². The summed E-state index contributed by atoms with van der Waals surface area (Å²) in [4.78, 5) is 21.4. The molecule has 0 spiro atoms. The molecule has 0 aliphatic carbocycles. The first-order valence-corrected chi connectivity index (χ1v) is 14.5. The van der Waals surface area contributed by atoms with Gasteiger partial charge in [0, 0.05) is 29.0 Å². The van der Waals surface area contributed by atoms with Crippen molar-refractivity contribution in [1.29, 1.82) is 5.26 Å². The predicted octanol–water partition coefficient (Wildman–Crippen LogP) is 6.94. The summed E-state index contributed by atoms with van der Waals surface area (Å²) in [6, 6.07) is 17.6. The van der Waals surface area contributed by atoms with Crippen LogP contribution in [0.3, 0.4) is 0 Å². The van der Waals surface area contributed by atoms with Crippen molar-refractivity contribution in [3.8, 4) is 23.2 Å². The Morgan fingerprint density at radius 1 is 1.02 bits per heavy atom. The van der Waals surface area contributed by atoms with Gasteiger partial charge < -0.3 is 18.8 Å². The third kappa shape index (κ3) is 5.91. The maximum Gasteiger partial charge on any atom is 0.337 e. The van der Waals surface area contributed by atoms with Crippen LogP contribution in [0.2, 0.25) is 0 Å². The van der Waals surface area contributed by atoms with E-state index < -0.39 is 23.4 Å². The molecule has 11 heteroatoms. The molecule has 1 saturated heterocycles. The fourth-order valence-corrected chi connectivity index (χ4v) is 5.66. The van der Waals surface area contributed by atoms with Crippen LogP contribution < -0.4 is 4.74 Å². The number of nitrogens with zero attached hydrogens (tertiary/aromatic N) is 4. The van der Waals surface area contributed by atoms with E-state index in [1.165, 1.54) is 31.4 Å². The zero-order chi connectivity index (χ0) is 32.6. The normalized spacial score (nSPS) is 15.5. The van der Waals surface area contributed by atoms with Crippen molar-refractivity contribution in [2.75, 3.05) is 20.3 Å². The molecular formula is C35H29F3N4O4. The van der Waals surface area contributed by atoms with Gasteiger partial charge in [-0.25, -0.2) is 27.9 Å². The quantitative estimate of drug-likeness (QED) is 0.172. The Morgan fingerprint density at radius 2 is 1.83 bits per heavy atom. The summed E-state index contributed by atoms with van der Waals surface area (Å²) >= 11 is 0. The molecule has 0 bridgehead atoms. The summed E-state index contributed by atoms with van der Waals surface area (Å²) in [7, 11) is 1.31. The number of aromatic nitrogens is 3. The maximum absolute atomic E-state index is 15.7. The van der Waals surface area contributed by atoms with Crippen LogP contribution in [0.4, 0.5) is 13.2 Å². The second kappa shape index (κ2) is 12.3. The Balaban J connectivity index is 1.30. The number of imidazole rings is 1. The number of benzene rings is 3. The van der Waals surface area contributed by atoms with Gasteiger partial charge in [-0.3, -0.25) is 0 Å². The molecule has 0 amide bonds. The van der Waals surface area contributed by atoms with Gasteiger partial charge in [-0.1, -0.05) is 26.0 Å². The molecule has 1 aliphatic heterocycles. The first kappa shape index (κ1) is 30.8. The number of halogens is 3. The average Bonchev–Trinajstić information content (AvgIpc) is 3.58. The number of hydrogen-bond acceptors (Lipinski definition) is 7. The van der Waals surface area contributed by atoms with Crippen LogP contribution in [0.5, 0.6) is 5.88 Å². The molecule has 2 aromatic heterocycles. The molecule has 0 radical (unpaired) electrons. The van der Waals surface area contributed by atoms with E-state index in [1.54, 1.807) is 24.3 Å². The third-order valence-electron chi connectivity index (χ3n) is 8.19. The highest BCUT2D eigenvalue weighted by Gasteiger charge is 2.39. The van der Waals surface area contributed by atoms with Crippen LogP contribution in [-0.4, -0.2) is 40.8 Å². The van der Waals surface area contributed by atoms with Crippen molar-refractivity contribution in [3.63, 3.8) is 0 Å². The average molecular weight is 627 g/mol. The molecule has 0 unspecified atom stereocenters. The van der Waals surface area contributed by atoms with E-state index in [1.807, 2.05) is 10.6 Å². The number of carbonyl (C=O) groups excluding carboxylic acids is 1. The Hall–Kier alpha value is -5.21. The van der Waals surface area contributed by atoms with E-state index in [0.29, 0.717) is 35.6 Å². The molecule has 3 heterocycles. The van der Waals surface area contributed by atoms with Crippen LogP contribution in [0, 0.1) is 34.2 Å². The van der Waals surface area contributed by atoms with Gasteiger partial charge in [0.1, 0.15) is 29.9 Å². The minimum absolute atomic E-state index is 0.0232. The second-order valence-electron chi connectivity index (χ2n) is 11.8. The summed E-state index contributed by atoms with van der Waals surface area (Å²) in [6.45, 7) is 4.85. The van der Waals surface area contributed by atoms with Crippen LogP contribution in [0.25, 0.3) is 22.3 Å². The Morgan fingerprint density at radius 3 is 2.54 bits per heavy atom. The van der Waals surface area contributed by atoms with Gasteiger partial charge in [-0.2, -0.15) is 5.26 Å². The zero-order valence-corrected chi connectivity index (χ0v) is 25.3. The van der Waals surface area contributed by atoms with E-state index in [9.17, 15) is 9.18 Å². The van der Waals surface area contributed by atoms with Gasteiger partial charge in [0.15, 0.2) is 0 Å². The van der Waals surface area contributed by atoms with E-state index in [2.05, 4.69) is 18.8 Å². The Bertz CT molecular complexity index is 2020. The molecule has 1 atom stereocenters. The van der Waals surface area contributed by atoms with Crippen molar-refractivity contribution < 1.29 is 32.2 Å². The summed E-state index contributed by atoms with van der Waals surface area (Å²) in [5.41, 5.74) is 1.88. The number of nitriles is 1. The fourth-order valence-electron chi connectivity index (χ4n) is 5.66. The molecule has 3 aromatic carbocycles. The van der Waals surface area contributed by atoms with E-state index in [4.69, 9.17) is 24.5 Å². The highest BCUT2D eigenvalue weighted by molar-refractivity contribution is 5.93. The van der Waals surface area contributed by atoms with Gasteiger partial charge in [0.05, 0.1) is 60.3 Å². The van der Waals surface area contributed by atoms with Crippen molar-refractivity contribution in [2.24, 2.45) is 5.41 Å². The smallest absolute Gasteiger partial charge is 0.337 e. The minimum Gasteiger partial charge on any atom is -0.473 e. The standard InChI is InChI=1S/C35H29F3N4O4/c1-35(2)19-45-18-31(35)42-30-13-21(34(43)44-3)9-10-29(30)40-32(42)14-23-12-27(38)24(15-26(23)37)28-5-4-6-33(41-28)46-17-22-8-7-20(16-39)11-25(22)36/h4-13,15,31H,14,17-19H2,1-3H3/t31-/m1/s1. The molecule has 1 aliphatic rings. The van der Waals surface area contributed by atoms with Crippen molar-refractivity contribution in [1.82, 2.24) is 14.5 Å². The van der Waals surface area contributed by atoms with Crippen LogP contribution >= 0.6 is 0 Å². The van der Waals surface area contributed by atoms with Crippen molar-refractivity contribution in [2.45, 2.75) is 32.9 Å². The number of carbonyl (C=O) groups is 1. The van der Waals surface area contributed by atoms with Crippen LogP contribution in [-0.2, 0) is 22.5 Å². The number of ether oxygens (including phenoxy) is 3. The SMILES string of the molecule is COC(=O)c1ccc2nc(Cc3cc(F)c(-c4cccc(OCc5ccc(C#N)cc5F)n4)cc3F)n([C@@H]3COCC3(C)C)c2c1. The lowest BCUT2D eigenvalue weighted by atomic mass is 9.87. The molecule has 234 valence electrons. The molecular weight excluding hydrogens is 597 g/mol. The van der Waals surface area contributed by atoms with Crippen LogP contribution in [0.15, 0.2) is 66.7 Å². The number of fused-ring (bicyclic) bond motifs is 1. The number of methoxy groups -OCH3 is 1. The van der Waals surface area contributed by atoms with Gasteiger partial charge in [0.2, 0.25) is 5.88 Å². The second-order valence-corrected chi connectivity index (χ2v) is 11.8. The molecule has 8 nitrogen and oxygen atoms in total. The molecule has 0 N–H and O–H groups in total. The monoisotopic (exact) mass is 626 g/mol. The lowest BCUT2D eigenvalue weighted by Gasteiger charge is -2.28. The highest BCUT2D eigenvalue weighted by atomic mass is 19.1. The van der Waals surface area contributed by atoms with E-state index in [-0.39, 0.29) is 58.3 Å². The largest absolute Gasteiger partial charge is 0.473 e. The van der Waals surface area contributed by atoms with E-state index >= 15 is 8.78 Å². The molecule has 5 aromatic rings. The number of esters is 1. The lowest BCUT2D eigenvalue weighted by molar-refractivity contribution is 0.0601. The van der Waals surface area contributed by atoms with Gasteiger partial charge in [-0.05, 0) is 54.1 Å². The zero-order valence-electron chi connectivity index (χ0n) is 25.3. The molecule has 0 saturated carbocycles. The highest BCUT2D eigenvalue weighted by Crippen LogP contribution is 2.40. The number of hydrogen-bond donors (Lipinski definition) is 0. The topological polar surface area (TPSA) is 99.3 Å². The van der Waals surface area contributed by atoms with Gasteiger partial charge in [-0.15, -0.1) is 0 Å². The first-order chi connectivity index (χ1) is 22.1. The molecule has 46 heavy (non-hydrogen) atoms. The Kier molecular flexibility index (Phi) is 8.23. The minimum atomic E-state index is -0.695. The predicted molar refractivity (Wildman–Crippen MR) is 163 cm³/mol. The third-order valence-corrected chi connectivity index (χ3v) is 8.19. The summed E-state index contributed by atoms with van der Waals surface area (Å²) in [6.07, 6.45) is -0.0232. The summed E-state index contributed by atoms with van der Waals surface area (Å²) in [5.74, 6) is -1.85. The summed E-state index contributed by atoms with van der Waals surface area (Å²) < 4.78 is 63.9. The number of rotatable bonds is 8.